The minimum atomic E-state index is -0.932. The van der Waals surface area contributed by atoms with E-state index in [1.54, 1.807) is 31.3 Å². The van der Waals surface area contributed by atoms with Crippen LogP contribution in [0.1, 0.15) is 77.0 Å². The molecule has 2 aromatic rings. The lowest BCUT2D eigenvalue weighted by Crippen LogP contribution is -2.47. The molecule has 212 valence electrons. The van der Waals surface area contributed by atoms with Crippen molar-refractivity contribution in [3.8, 4) is 5.75 Å². The molecule has 10 heteroatoms. The lowest BCUT2D eigenvalue weighted by atomic mass is 9.91. The molecule has 2 aliphatic carbocycles. The van der Waals surface area contributed by atoms with Crippen molar-refractivity contribution in [1.29, 1.82) is 0 Å². The molecule has 2 fully saturated rings. The van der Waals surface area contributed by atoms with Gasteiger partial charge < -0.3 is 30.1 Å². The summed E-state index contributed by atoms with van der Waals surface area (Å²) in [5.41, 5.74) is 1.02. The maximum atomic E-state index is 13.3. The Bertz CT molecular complexity index is 1190. The van der Waals surface area contributed by atoms with Crippen molar-refractivity contribution >= 4 is 29.0 Å². The second-order valence-electron chi connectivity index (χ2n) is 12.0. The summed E-state index contributed by atoms with van der Waals surface area (Å²) in [6, 6.07) is 5.78. The summed E-state index contributed by atoms with van der Waals surface area (Å²) >= 11 is 0. The van der Waals surface area contributed by atoms with Crippen molar-refractivity contribution in [2.45, 2.75) is 83.0 Å². The SMILES string of the molecule is COc1cc(C(O)NC2(CO)CCCC2)ccc1Nc1ncc2c(n1)N(C1CCCC1)CC(C)(C)C(=O)N2C. The van der Waals surface area contributed by atoms with E-state index in [-0.39, 0.29) is 12.5 Å². The van der Waals surface area contributed by atoms with Crippen LogP contribution in [-0.2, 0) is 4.79 Å². The summed E-state index contributed by atoms with van der Waals surface area (Å²) < 4.78 is 5.65. The summed E-state index contributed by atoms with van der Waals surface area (Å²) in [7, 11) is 3.38. The van der Waals surface area contributed by atoms with Crippen molar-refractivity contribution in [2.24, 2.45) is 5.41 Å². The number of aliphatic hydroxyl groups is 2. The number of fused-ring (bicyclic) bond motifs is 1. The Labute approximate surface area is 230 Å². The van der Waals surface area contributed by atoms with Gasteiger partial charge in [-0.2, -0.15) is 4.98 Å². The van der Waals surface area contributed by atoms with Crippen LogP contribution in [0.25, 0.3) is 0 Å². The molecule has 0 saturated heterocycles. The van der Waals surface area contributed by atoms with Crippen LogP contribution in [-0.4, -0.2) is 65.0 Å². The van der Waals surface area contributed by atoms with Crippen LogP contribution < -0.4 is 25.2 Å². The van der Waals surface area contributed by atoms with Gasteiger partial charge in [0.25, 0.3) is 0 Å². The zero-order valence-corrected chi connectivity index (χ0v) is 23.5. The summed E-state index contributed by atoms with van der Waals surface area (Å²) in [4.78, 5) is 26.7. The molecule has 1 amide bonds. The molecule has 39 heavy (non-hydrogen) atoms. The number of amides is 1. The van der Waals surface area contributed by atoms with Crippen LogP contribution in [0.15, 0.2) is 24.4 Å². The number of ether oxygens (including phenoxy) is 1. The highest BCUT2D eigenvalue weighted by molar-refractivity contribution is 6.00. The topological polar surface area (TPSA) is 123 Å². The van der Waals surface area contributed by atoms with E-state index >= 15 is 0 Å². The Morgan fingerprint density at radius 3 is 2.56 bits per heavy atom. The molecular formula is C29H42N6O4. The first-order valence-corrected chi connectivity index (χ1v) is 14.1. The third-order valence-electron chi connectivity index (χ3n) is 8.69. The molecule has 1 atom stereocenters. The maximum Gasteiger partial charge on any atom is 0.234 e. The lowest BCUT2D eigenvalue weighted by Gasteiger charge is -2.34. The van der Waals surface area contributed by atoms with Gasteiger partial charge in [0.1, 0.15) is 17.7 Å². The van der Waals surface area contributed by atoms with Gasteiger partial charge in [-0.25, -0.2) is 4.98 Å². The van der Waals surface area contributed by atoms with Crippen molar-refractivity contribution in [1.82, 2.24) is 15.3 Å². The quantitative estimate of drug-likeness (QED) is 0.371. The maximum absolute atomic E-state index is 13.3. The van der Waals surface area contributed by atoms with E-state index in [9.17, 15) is 15.0 Å². The van der Waals surface area contributed by atoms with Gasteiger partial charge in [0, 0.05) is 25.2 Å². The highest BCUT2D eigenvalue weighted by atomic mass is 16.5. The van der Waals surface area contributed by atoms with Crippen LogP contribution in [0, 0.1) is 5.41 Å². The zero-order chi connectivity index (χ0) is 27.8. The van der Waals surface area contributed by atoms with E-state index in [0.29, 0.717) is 41.2 Å². The van der Waals surface area contributed by atoms with Crippen LogP contribution in [0.4, 0.5) is 23.1 Å². The van der Waals surface area contributed by atoms with Crippen LogP contribution in [0.5, 0.6) is 5.75 Å². The van der Waals surface area contributed by atoms with E-state index in [2.05, 4.69) is 20.5 Å². The Morgan fingerprint density at radius 2 is 1.90 bits per heavy atom. The van der Waals surface area contributed by atoms with Crippen LogP contribution >= 0.6 is 0 Å². The monoisotopic (exact) mass is 538 g/mol. The summed E-state index contributed by atoms with van der Waals surface area (Å²) in [6.07, 6.45) is 9.06. The van der Waals surface area contributed by atoms with E-state index in [4.69, 9.17) is 9.72 Å². The molecule has 4 N–H and O–H groups in total. The van der Waals surface area contributed by atoms with E-state index < -0.39 is 17.2 Å². The highest BCUT2D eigenvalue weighted by Crippen LogP contribution is 2.41. The van der Waals surface area contributed by atoms with Crippen molar-refractivity contribution in [2.75, 3.05) is 42.4 Å². The Hall–Kier alpha value is -2.95. The van der Waals surface area contributed by atoms with Crippen molar-refractivity contribution in [3.63, 3.8) is 0 Å². The fourth-order valence-corrected chi connectivity index (χ4v) is 6.40. The van der Waals surface area contributed by atoms with Gasteiger partial charge in [-0.3, -0.25) is 10.1 Å². The van der Waals surface area contributed by atoms with Crippen LogP contribution in [0.3, 0.4) is 0 Å². The molecular weight excluding hydrogens is 496 g/mol. The third-order valence-corrected chi connectivity index (χ3v) is 8.69. The molecule has 2 heterocycles. The van der Waals surface area contributed by atoms with Gasteiger partial charge in [-0.05, 0) is 57.2 Å². The number of rotatable bonds is 8. The Kier molecular flexibility index (Phi) is 7.72. The smallest absolute Gasteiger partial charge is 0.234 e. The van der Waals surface area contributed by atoms with E-state index in [1.165, 1.54) is 12.8 Å². The molecule has 1 aromatic heterocycles. The van der Waals surface area contributed by atoms with E-state index in [0.717, 1.165) is 44.3 Å². The molecule has 0 radical (unpaired) electrons. The Morgan fingerprint density at radius 1 is 1.18 bits per heavy atom. The van der Waals surface area contributed by atoms with E-state index in [1.807, 2.05) is 26.0 Å². The summed E-state index contributed by atoms with van der Waals surface area (Å²) in [5.74, 6) is 1.77. The molecule has 0 spiro atoms. The van der Waals surface area contributed by atoms with Crippen molar-refractivity contribution in [3.05, 3.63) is 30.0 Å². The van der Waals surface area contributed by atoms with Crippen molar-refractivity contribution < 1.29 is 19.7 Å². The molecule has 1 aromatic carbocycles. The lowest BCUT2D eigenvalue weighted by molar-refractivity contribution is -0.125. The first-order chi connectivity index (χ1) is 18.7. The highest BCUT2D eigenvalue weighted by Gasteiger charge is 2.41. The molecule has 0 bridgehead atoms. The van der Waals surface area contributed by atoms with Gasteiger partial charge in [0.05, 0.1) is 31.0 Å². The predicted molar refractivity (Wildman–Crippen MR) is 151 cm³/mol. The number of nitrogens with one attached hydrogen (secondary N) is 2. The number of anilines is 4. The molecule has 1 unspecified atom stereocenters. The van der Waals surface area contributed by atoms with Gasteiger partial charge in [0.15, 0.2) is 5.82 Å². The average molecular weight is 539 g/mol. The standard InChI is InChI=1S/C29H42N6O4/c1-28(2)17-35(20-9-5-6-10-20)24-22(34(3)26(28)38)16-30-27(32-24)31-21-12-11-19(15-23(21)39-4)25(37)33-29(18-36)13-7-8-14-29/h11-12,15-16,20,25,33,36-37H,5-10,13-14,17-18H2,1-4H3,(H,30,31,32). The average Bonchev–Trinajstić information content (AvgIpc) is 3.63. The molecule has 3 aliphatic rings. The fourth-order valence-electron chi connectivity index (χ4n) is 6.40. The first-order valence-electron chi connectivity index (χ1n) is 14.1. The third kappa shape index (κ3) is 5.42. The van der Waals surface area contributed by atoms with Crippen LogP contribution in [0.2, 0.25) is 0 Å². The van der Waals surface area contributed by atoms with Gasteiger partial charge in [0.2, 0.25) is 11.9 Å². The summed E-state index contributed by atoms with van der Waals surface area (Å²) in [6.45, 7) is 4.59. The molecule has 10 nitrogen and oxygen atoms in total. The fraction of sp³-hybridized carbons (Fsp3) is 0.621. The minimum Gasteiger partial charge on any atom is -0.495 e. The van der Waals surface area contributed by atoms with Gasteiger partial charge >= 0.3 is 0 Å². The first kappa shape index (κ1) is 27.6. The number of nitrogens with zero attached hydrogens (tertiary/aromatic N) is 4. The number of aliphatic hydroxyl groups excluding tert-OH is 2. The van der Waals surface area contributed by atoms with Gasteiger partial charge in [-0.1, -0.05) is 31.7 Å². The zero-order valence-electron chi connectivity index (χ0n) is 23.5. The largest absolute Gasteiger partial charge is 0.495 e. The normalized spacial score (nSPS) is 21.5. The number of carbonyl (C=O) groups excluding carboxylic acids is 1. The molecule has 1 aliphatic heterocycles. The Balaban J connectivity index is 1.42. The number of carbonyl (C=O) groups is 1. The second-order valence-corrected chi connectivity index (χ2v) is 12.0. The second kappa shape index (κ2) is 10.9. The predicted octanol–water partition coefficient (Wildman–Crippen LogP) is 3.87. The minimum absolute atomic E-state index is 0.00759. The molecule has 5 rings (SSSR count). The number of aromatic nitrogens is 2. The van der Waals surface area contributed by atoms with Gasteiger partial charge in [-0.15, -0.1) is 0 Å². The molecule has 2 saturated carbocycles. The number of hydrogen-bond acceptors (Lipinski definition) is 9. The summed E-state index contributed by atoms with van der Waals surface area (Å²) in [5, 5.41) is 27.3. The number of methoxy groups -OCH3 is 1. The number of hydrogen-bond donors (Lipinski definition) is 4. The number of benzene rings is 1.